The number of aromatic nitrogens is 1. The molecule has 0 saturated carbocycles. The molecule has 1 aliphatic rings. The highest BCUT2D eigenvalue weighted by atomic mass is 16.5. The summed E-state index contributed by atoms with van der Waals surface area (Å²) >= 11 is 0. The fourth-order valence-electron chi connectivity index (χ4n) is 4.86. The van der Waals surface area contributed by atoms with Gasteiger partial charge in [-0.1, -0.05) is 44.2 Å². The first-order valence-electron chi connectivity index (χ1n) is 11.6. The highest BCUT2D eigenvalue weighted by Crippen LogP contribution is 2.41. The second-order valence-corrected chi connectivity index (χ2v) is 8.64. The van der Waals surface area contributed by atoms with Crippen LogP contribution in [-0.4, -0.2) is 12.1 Å². The number of rotatable bonds is 6. The third kappa shape index (κ3) is 4.19. The molecule has 1 aromatic heterocycles. The second-order valence-electron chi connectivity index (χ2n) is 8.64. The molecule has 4 rings (SSSR count). The van der Waals surface area contributed by atoms with Crippen molar-refractivity contribution >= 4 is 5.69 Å². The van der Waals surface area contributed by atoms with Crippen LogP contribution in [0.3, 0.4) is 0 Å². The van der Waals surface area contributed by atoms with Gasteiger partial charge in [-0.05, 0) is 74.3 Å². The largest absolute Gasteiger partial charge is 0.496 e. The van der Waals surface area contributed by atoms with E-state index in [0.717, 1.165) is 43.5 Å². The van der Waals surface area contributed by atoms with Gasteiger partial charge in [0.1, 0.15) is 5.75 Å². The number of nitrogens with one attached hydrogen (secondary N) is 1. The summed E-state index contributed by atoms with van der Waals surface area (Å²) in [7, 11) is 1.79. The number of benzene rings is 2. The lowest BCUT2D eigenvalue weighted by molar-refractivity contribution is 0.400. The van der Waals surface area contributed by atoms with Crippen molar-refractivity contribution in [3.8, 4) is 17.0 Å². The van der Waals surface area contributed by atoms with Crippen molar-refractivity contribution < 1.29 is 4.74 Å². The van der Waals surface area contributed by atoms with Gasteiger partial charge in [0.05, 0.1) is 24.5 Å². The van der Waals surface area contributed by atoms with E-state index in [2.05, 4.69) is 75.5 Å². The van der Waals surface area contributed by atoms with Crippen LogP contribution in [0.5, 0.6) is 5.75 Å². The van der Waals surface area contributed by atoms with Gasteiger partial charge in [-0.3, -0.25) is 4.98 Å². The third-order valence-electron chi connectivity index (χ3n) is 6.55. The van der Waals surface area contributed by atoms with Crippen molar-refractivity contribution in [3.63, 3.8) is 0 Å². The highest BCUT2D eigenvalue weighted by molar-refractivity contribution is 5.71. The molecule has 3 heteroatoms. The van der Waals surface area contributed by atoms with E-state index >= 15 is 0 Å². The van der Waals surface area contributed by atoms with Crippen molar-refractivity contribution in [1.82, 2.24) is 4.98 Å². The molecule has 0 spiro atoms. The van der Waals surface area contributed by atoms with E-state index in [1.807, 2.05) is 0 Å². The van der Waals surface area contributed by atoms with Crippen LogP contribution >= 0.6 is 0 Å². The van der Waals surface area contributed by atoms with Crippen molar-refractivity contribution in [3.05, 3.63) is 76.0 Å². The number of anilines is 1. The third-order valence-corrected chi connectivity index (χ3v) is 6.55. The van der Waals surface area contributed by atoms with Crippen LogP contribution in [-0.2, 0) is 19.3 Å². The fraction of sp³-hybridized carbons (Fsp3) is 0.393. The highest BCUT2D eigenvalue weighted by Gasteiger charge is 2.27. The molecule has 0 saturated heterocycles. The van der Waals surface area contributed by atoms with Gasteiger partial charge < -0.3 is 10.1 Å². The summed E-state index contributed by atoms with van der Waals surface area (Å²) in [5.74, 6) is 0.954. The summed E-state index contributed by atoms with van der Waals surface area (Å²) < 4.78 is 5.96. The van der Waals surface area contributed by atoms with E-state index in [4.69, 9.17) is 9.72 Å². The van der Waals surface area contributed by atoms with Crippen molar-refractivity contribution in [2.75, 3.05) is 12.4 Å². The molecule has 1 atom stereocenters. The first-order valence-corrected chi connectivity index (χ1v) is 11.6. The normalized spacial score (nSPS) is 15.5. The van der Waals surface area contributed by atoms with Crippen LogP contribution in [0.25, 0.3) is 11.3 Å². The minimum atomic E-state index is 0.216. The summed E-state index contributed by atoms with van der Waals surface area (Å²) in [6, 6.07) is 15.6. The van der Waals surface area contributed by atoms with Gasteiger partial charge in [0, 0.05) is 22.9 Å². The summed E-state index contributed by atoms with van der Waals surface area (Å²) in [5, 5.41) is 3.81. The van der Waals surface area contributed by atoms with Crippen LogP contribution in [0.4, 0.5) is 5.69 Å². The number of pyridine rings is 1. The van der Waals surface area contributed by atoms with Gasteiger partial charge in [-0.15, -0.1) is 0 Å². The Balaban J connectivity index is 1.80. The predicted molar refractivity (Wildman–Crippen MR) is 130 cm³/mol. The van der Waals surface area contributed by atoms with Crippen molar-refractivity contribution in [1.29, 1.82) is 0 Å². The average molecular weight is 415 g/mol. The van der Waals surface area contributed by atoms with E-state index in [9.17, 15) is 0 Å². The van der Waals surface area contributed by atoms with Crippen LogP contribution in [0, 0.1) is 13.8 Å². The summed E-state index contributed by atoms with van der Waals surface area (Å²) in [4.78, 5) is 5.22. The SMILES string of the molecule is CCc1cccc(CC)c1-c1cc(OC)c2c(n1)CCCC2Nc1cc(C)ccc1C. The molecule has 1 N–H and O–H groups in total. The molecule has 3 aromatic rings. The van der Waals surface area contributed by atoms with Crippen LogP contribution in [0.1, 0.15) is 66.2 Å². The first-order chi connectivity index (χ1) is 15.0. The minimum absolute atomic E-state index is 0.216. The van der Waals surface area contributed by atoms with Crippen LogP contribution in [0.2, 0.25) is 0 Å². The molecule has 1 unspecified atom stereocenters. The zero-order chi connectivity index (χ0) is 22.0. The van der Waals surface area contributed by atoms with E-state index in [1.54, 1.807) is 7.11 Å². The number of hydrogen-bond donors (Lipinski definition) is 1. The first kappa shape index (κ1) is 21.4. The Morgan fingerprint density at radius 1 is 1.03 bits per heavy atom. The Labute approximate surface area is 186 Å². The quantitative estimate of drug-likeness (QED) is 0.472. The minimum Gasteiger partial charge on any atom is -0.496 e. The maximum atomic E-state index is 5.96. The average Bonchev–Trinajstić information content (AvgIpc) is 2.80. The zero-order valence-electron chi connectivity index (χ0n) is 19.5. The van der Waals surface area contributed by atoms with Crippen molar-refractivity contribution in [2.24, 2.45) is 0 Å². The molecule has 0 radical (unpaired) electrons. The Morgan fingerprint density at radius 3 is 2.45 bits per heavy atom. The van der Waals surface area contributed by atoms with E-state index in [-0.39, 0.29) is 6.04 Å². The molecule has 31 heavy (non-hydrogen) atoms. The zero-order valence-corrected chi connectivity index (χ0v) is 19.5. The second kappa shape index (κ2) is 9.13. The summed E-state index contributed by atoms with van der Waals surface area (Å²) in [6.07, 6.45) is 5.22. The number of methoxy groups -OCH3 is 1. The Bertz CT molecular complexity index is 1050. The lowest BCUT2D eigenvalue weighted by Crippen LogP contribution is -2.20. The van der Waals surface area contributed by atoms with E-state index in [0.29, 0.717) is 0 Å². The predicted octanol–water partition coefficient (Wildman–Crippen LogP) is 6.99. The number of hydrogen-bond acceptors (Lipinski definition) is 3. The number of ether oxygens (including phenoxy) is 1. The molecule has 0 amide bonds. The van der Waals surface area contributed by atoms with Crippen molar-refractivity contribution in [2.45, 2.75) is 65.8 Å². The maximum absolute atomic E-state index is 5.96. The summed E-state index contributed by atoms with van der Waals surface area (Å²) in [5.41, 5.74) is 11.2. The summed E-state index contributed by atoms with van der Waals surface area (Å²) in [6.45, 7) is 8.75. The molecule has 2 aromatic carbocycles. The smallest absolute Gasteiger partial charge is 0.128 e. The molecular weight excluding hydrogens is 380 g/mol. The molecule has 0 fully saturated rings. The Hall–Kier alpha value is -2.81. The Morgan fingerprint density at radius 2 is 1.77 bits per heavy atom. The molecule has 3 nitrogen and oxygen atoms in total. The molecule has 162 valence electrons. The van der Waals surface area contributed by atoms with Gasteiger partial charge >= 0.3 is 0 Å². The van der Waals surface area contributed by atoms with Gasteiger partial charge in [0.2, 0.25) is 0 Å². The topological polar surface area (TPSA) is 34.1 Å². The molecule has 0 bridgehead atoms. The van der Waals surface area contributed by atoms with E-state index in [1.165, 1.54) is 44.8 Å². The standard InChI is InChI=1S/C28H34N2O/c1-6-20-10-8-11-21(7-2)27(20)25-17-26(31-5)28-22(12-9-13-23(28)30-25)29-24-16-18(3)14-15-19(24)4/h8,10-11,14-17,22,29H,6-7,9,12-13H2,1-5H3. The van der Waals surface area contributed by atoms with Crippen LogP contribution in [0.15, 0.2) is 42.5 Å². The molecule has 1 aliphatic carbocycles. The Kier molecular flexibility index (Phi) is 6.31. The molecular formula is C28H34N2O. The monoisotopic (exact) mass is 414 g/mol. The van der Waals surface area contributed by atoms with E-state index < -0.39 is 0 Å². The number of nitrogens with zero attached hydrogens (tertiary/aromatic N) is 1. The maximum Gasteiger partial charge on any atom is 0.128 e. The molecule has 0 aliphatic heterocycles. The number of aryl methyl sites for hydroxylation is 5. The lowest BCUT2D eigenvalue weighted by atomic mass is 9.88. The van der Waals surface area contributed by atoms with Crippen LogP contribution < -0.4 is 10.1 Å². The van der Waals surface area contributed by atoms with Gasteiger partial charge in [-0.2, -0.15) is 0 Å². The lowest BCUT2D eigenvalue weighted by Gasteiger charge is -2.30. The van der Waals surface area contributed by atoms with Gasteiger partial charge in [0.25, 0.3) is 0 Å². The number of fused-ring (bicyclic) bond motifs is 1. The van der Waals surface area contributed by atoms with Gasteiger partial charge in [-0.25, -0.2) is 0 Å². The van der Waals surface area contributed by atoms with Gasteiger partial charge in [0.15, 0.2) is 0 Å². The molecule has 1 heterocycles. The fourth-order valence-corrected chi connectivity index (χ4v) is 4.86.